The number of halogens is 1. The van der Waals surface area contributed by atoms with Crippen molar-refractivity contribution < 1.29 is 19.1 Å². The largest absolute Gasteiger partial charge is 0.487 e. The number of hydrogen-bond donors (Lipinski definition) is 1. The van der Waals surface area contributed by atoms with Crippen LogP contribution in [0.15, 0.2) is 18.3 Å². The molecule has 10 nitrogen and oxygen atoms in total. The monoisotopic (exact) mass is 556 g/mol. The summed E-state index contributed by atoms with van der Waals surface area (Å²) in [4.78, 5) is 43.9. The van der Waals surface area contributed by atoms with Gasteiger partial charge in [0.05, 0.1) is 23.6 Å². The average Bonchev–Trinajstić information content (AvgIpc) is 3.54. The smallest absolute Gasteiger partial charge is 0.227 e. The topological polar surface area (TPSA) is 110 Å². The van der Waals surface area contributed by atoms with Gasteiger partial charge in [-0.2, -0.15) is 0 Å². The number of carbonyl (C=O) groups excluding carboxylic acids is 3. The Morgan fingerprint density at radius 1 is 1.21 bits per heavy atom. The van der Waals surface area contributed by atoms with Gasteiger partial charge in [-0.1, -0.05) is 29.7 Å². The van der Waals surface area contributed by atoms with Crippen LogP contribution in [0.25, 0.3) is 0 Å². The molecule has 5 rings (SSSR count). The Balaban J connectivity index is 1.53. The molecule has 1 aliphatic carbocycles. The lowest BCUT2D eigenvalue weighted by Crippen LogP contribution is -2.54. The first-order chi connectivity index (χ1) is 18.7. The van der Waals surface area contributed by atoms with Crippen molar-refractivity contribution in [2.24, 2.45) is 18.4 Å². The molecule has 3 atom stereocenters. The Kier molecular flexibility index (Phi) is 7.84. The molecule has 1 unspecified atom stereocenters. The third kappa shape index (κ3) is 5.23. The van der Waals surface area contributed by atoms with E-state index in [1.807, 2.05) is 28.9 Å². The molecule has 1 aromatic heterocycles. The van der Waals surface area contributed by atoms with E-state index in [9.17, 15) is 14.4 Å². The van der Waals surface area contributed by atoms with Crippen LogP contribution in [-0.2, 0) is 34.5 Å². The average molecular weight is 557 g/mol. The number of aryl methyl sites for hydroxylation is 1. The van der Waals surface area contributed by atoms with E-state index in [0.717, 1.165) is 30.4 Å². The van der Waals surface area contributed by atoms with Crippen molar-refractivity contribution in [3.8, 4) is 5.75 Å². The number of rotatable bonds is 7. The first-order valence-electron chi connectivity index (χ1n) is 13.8. The molecule has 1 saturated carbocycles. The fourth-order valence-corrected chi connectivity index (χ4v) is 6.82. The molecule has 1 N–H and O–H groups in total. The highest BCUT2D eigenvalue weighted by molar-refractivity contribution is 6.31. The summed E-state index contributed by atoms with van der Waals surface area (Å²) in [6, 6.07) is 3.22. The molecule has 3 amide bonds. The summed E-state index contributed by atoms with van der Waals surface area (Å²) in [6.45, 7) is 3.61. The Bertz CT molecular complexity index is 1260. The zero-order valence-corrected chi connectivity index (χ0v) is 23.7. The van der Waals surface area contributed by atoms with Crippen LogP contribution in [0.3, 0.4) is 0 Å². The molecule has 3 aliphatic rings. The zero-order valence-electron chi connectivity index (χ0n) is 22.9. The van der Waals surface area contributed by atoms with Crippen LogP contribution in [0.5, 0.6) is 5.75 Å². The number of fused-ring (bicyclic) bond motifs is 1. The van der Waals surface area contributed by atoms with Crippen LogP contribution in [0.2, 0.25) is 5.02 Å². The van der Waals surface area contributed by atoms with E-state index >= 15 is 0 Å². The fraction of sp³-hybridized carbons (Fsp3) is 0.607. The molecule has 2 fully saturated rings. The quantitative estimate of drug-likeness (QED) is 0.561. The Labute approximate surface area is 234 Å². The zero-order chi connectivity index (χ0) is 27.7. The van der Waals surface area contributed by atoms with Gasteiger partial charge in [0.25, 0.3) is 0 Å². The summed E-state index contributed by atoms with van der Waals surface area (Å²) >= 11 is 6.71. The second kappa shape index (κ2) is 11.2. The Hall–Kier alpha value is -3.14. The predicted octanol–water partition coefficient (Wildman–Crippen LogP) is 3.04. The molecule has 1 saturated heterocycles. The lowest BCUT2D eigenvalue weighted by molar-refractivity contribution is -0.153. The van der Waals surface area contributed by atoms with Gasteiger partial charge in [0.15, 0.2) is 0 Å². The Morgan fingerprint density at radius 3 is 2.72 bits per heavy atom. The minimum atomic E-state index is -0.780. The van der Waals surface area contributed by atoms with Gasteiger partial charge >= 0.3 is 0 Å². The van der Waals surface area contributed by atoms with Crippen molar-refractivity contribution in [3.63, 3.8) is 0 Å². The van der Waals surface area contributed by atoms with Gasteiger partial charge in [-0.25, -0.2) is 0 Å². The summed E-state index contributed by atoms with van der Waals surface area (Å²) in [5.41, 5.74) is 1.67. The maximum Gasteiger partial charge on any atom is 0.227 e. The number of nitrogens with one attached hydrogen (secondary N) is 1. The van der Waals surface area contributed by atoms with Crippen LogP contribution in [0.4, 0.5) is 0 Å². The summed E-state index contributed by atoms with van der Waals surface area (Å²) in [7, 11) is 3.43. The molecule has 3 heterocycles. The molecule has 210 valence electrons. The maximum atomic E-state index is 14.4. The first kappa shape index (κ1) is 27.4. The first-order valence-corrected chi connectivity index (χ1v) is 14.2. The van der Waals surface area contributed by atoms with Crippen molar-refractivity contribution in [2.75, 3.05) is 26.7 Å². The van der Waals surface area contributed by atoms with Crippen LogP contribution < -0.4 is 10.1 Å². The second-order valence-electron chi connectivity index (χ2n) is 11.1. The lowest BCUT2D eigenvalue weighted by Gasteiger charge is -2.46. The summed E-state index contributed by atoms with van der Waals surface area (Å²) in [6.07, 6.45) is 6.82. The van der Waals surface area contributed by atoms with E-state index < -0.39 is 17.4 Å². The highest BCUT2D eigenvalue weighted by Crippen LogP contribution is 2.46. The van der Waals surface area contributed by atoms with Crippen molar-refractivity contribution in [1.82, 2.24) is 30.1 Å². The summed E-state index contributed by atoms with van der Waals surface area (Å²) < 4.78 is 7.89. The van der Waals surface area contributed by atoms with Gasteiger partial charge in [0, 0.05) is 50.7 Å². The third-order valence-electron chi connectivity index (χ3n) is 8.70. The molecule has 2 aliphatic heterocycles. The summed E-state index contributed by atoms with van der Waals surface area (Å²) in [5, 5.41) is 11.5. The normalized spacial score (nSPS) is 25.0. The van der Waals surface area contributed by atoms with E-state index in [1.54, 1.807) is 25.0 Å². The molecule has 0 spiro atoms. The Morgan fingerprint density at radius 2 is 2.03 bits per heavy atom. The molecular weight excluding hydrogens is 520 g/mol. The van der Waals surface area contributed by atoms with Gasteiger partial charge in [0.2, 0.25) is 17.7 Å². The molecule has 1 aromatic carbocycles. The molecule has 39 heavy (non-hydrogen) atoms. The molecular formula is C28H37ClN6O4. The van der Waals surface area contributed by atoms with Crippen LogP contribution >= 0.6 is 11.6 Å². The predicted molar refractivity (Wildman–Crippen MR) is 145 cm³/mol. The van der Waals surface area contributed by atoms with Gasteiger partial charge in [-0.3, -0.25) is 19.1 Å². The van der Waals surface area contributed by atoms with Crippen LogP contribution in [0, 0.1) is 11.3 Å². The fourth-order valence-electron chi connectivity index (χ4n) is 6.57. The van der Waals surface area contributed by atoms with E-state index in [0.29, 0.717) is 61.8 Å². The third-order valence-corrected chi connectivity index (χ3v) is 9.05. The molecule has 0 radical (unpaired) electrons. The molecule has 2 aromatic rings. The number of nitrogens with zero attached hydrogens (tertiary/aromatic N) is 5. The van der Waals surface area contributed by atoms with Gasteiger partial charge in [-0.15, -0.1) is 5.10 Å². The number of likely N-dealkylation sites (tertiary alicyclic amines) is 1. The number of amides is 3. The molecule has 11 heteroatoms. The van der Waals surface area contributed by atoms with Crippen molar-refractivity contribution in [1.29, 1.82) is 0 Å². The number of benzene rings is 1. The number of aromatic nitrogens is 3. The highest BCUT2D eigenvalue weighted by Gasteiger charge is 2.49. The van der Waals surface area contributed by atoms with Crippen LogP contribution in [0.1, 0.15) is 68.3 Å². The van der Waals surface area contributed by atoms with E-state index in [1.165, 1.54) is 0 Å². The van der Waals surface area contributed by atoms with E-state index in [4.69, 9.17) is 16.3 Å². The number of hydrogen-bond acceptors (Lipinski definition) is 6. The number of carbonyl (C=O) groups is 3. The van der Waals surface area contributed by atoms with Crippen molar-refractivity contribution in [3.05, 3.63) is 40.2 Å². The number of ether oxygens (including phenoxy) is 1. The van der Waals surface area contributed by atoms with Crippen molar-refractivity contribution >= 4 is 29.3 Å². The second-order valence-corrected chi connectivity index (χ2v) is 11.6. The van der Waals surface area contributed by atoms with Gasteiger partial charge < -0.3 is 19.9 Å². The minimum Gasteiger partial charge on any atom is -0.487 e. The van der Waals surface area contributed by atoms with Crippen molar-refractivity contribution in [2.45, 2.75) is 64.5 Å². The molecule has 0 bridgehead atoms. The summed E-state index contributed by atoms with van der Waals surface area (Å²) in [5.74, 6) is 0.134. The minimum absolute atomic E-state index is 0.0389. The standard InChI is InChI=1S/C28H37ClN6O4/c1-28(27(38)30-2)12-5-4-7-20(28)26(37)35-14-11-19-21(29)9-10-23(39-17-18-15-33(3)32-31-18)25(19)22(35)16-34-13-6-8-24(34)36/h9-10,15,20,22H,4-8,11-14,16-17H2,1-3H3,(H,30,38)/t20-,22?,28-/m0/s1. The lowest BCUT2D eigenvalue weighted by atomic mass is 9.66. The van der Waals surface area contributed by atoms with Crippen LogP contribution in [-0.4, -0.2) is 69.2 Å². The van der Waals surface area contributed by atoms with Gasteiger partial charge in [-0.05, 0) is 50.3 Å². The highest BCUT2D eigenvalue weighted by atomic mass is 35.5. The SMILES string of the molecule is CNC(=O)[C@@]1(C)CCCC[C@H]1C(=O)N1CCc2c(Cl)ccc(OCc3cn(C)nn3)c2C1CN1CCCC1=O. The van der Waals surface area contributed by atoms with E-state index in [2.05, 4.69) is 15.6 Å². The maximum absolute atomic E-state index is 14.4. The van der Waals surface area contributed by atoms with E-state index in [-0.39, 0.29) is 24.3 Å². The van der Waals surface area contributed by atoms with Gasteiger partial charge in [0.1, 0.15) is 18.1 Å².